The van der Waals surface area contributed by atoms with Gasteiger partial charge in [-0.25, -0.2) is 0 Å². The van der Waals surface area contributed by atoms with Gasteiger partial charge in [0, 0.05) is 7.05 Å². The Morgan fingerprint density at radius 2 is 1.96 bits per heavy atom. The Morgan fingerprint density at radius 1 is 1.23 bits per heavy atom. The zero-order valence-electron chi connectivity index (χ0n) is 14.9. The lowest BCUT2D eigenvalue weighted by atomic mass is 9.77. The van der Waals surface area contributed by atoms with Gasteiger partial charge >= 0.3 is 0 Å². The van der Waals surface area contributed by atoms with Gasteiger partial charge in [-0.05, 0) is 37.0 Å². The van der Waals surface area contributed by atoms with Crippen LogP contribution >= 0.6 is 0 Å². The van der Waals surface area contributed by atoms with E-state index in [1.807, 2.05) is 24.3 Å². The van der Waals surface area contributed by atoms with Crippen LogP contribution in [0, 0.1) is 5.92 Å². The lowest BCUT2D eigenvalue weighted by Gasteiger charge is -2.35. The van der Waals surface area contributed by atoms with E-state index in [4.69, 9.17) is 9.47 Å². The molecule has 0 radical (unpaired) electrons. The molecule has 3 unspecified atom stereocenters. The molecule has 1 fully saturated rings. The lowest BCUT2D eigenvalue weighted by Crippen LogP contribution is -2.39. The smallest absolute Gasteiger partial charge is 0.289 e. The summed E-state index contributed by atoms with van der Waals surface area (Å²) in [6, 6.07) is 7.13. The molecule has 3 atom stereocenters. The monoisotopic (exact) mass is 353 g/mol. The molecular formula is C21H23NO4. The van der Waals surface area contributed by atoms with Crippen molar-refractivity contribution in [2.24, 2.45) is 5.92 Å². The van der Waals surface area contributed by atoms with Crippen molar-refractivity contribution >= 4 is 11.7 Å². The third-order valence-corrected chi connectivity index (χ3v) is 5.56. The second-order valence-electron chi connectivity index (χ2n) is 7.14. The van der Waals surface area contributed by atoms with Crippen molar-refractivity contribution in [2.75, 3.05) is 13.7 Å². The minimum atomic E-state index is -0.388. The number of nitrogens with zero attached hydrogens (tertiary/aromatic N) is 1. The van der Waals surface area contributed by atoms with E-state index in [-0.39, 0.29) is 35.5 Å². The Balaban J connectivity index is 1.67. The molecule has 2 heterocycles. The molecule has 0 spiro atoms. The van der Waals surface area contributed by atoms with Crippen molar-refractivity contribution in [2.45, 2.75) is 37.8 Å². The number of hydrogen-bond donors (Lipinski definition) is 0. The van der Waals surface area contributed by atoms with Crippen LogP contribution in [0.1, 0.15) is 37.3 Å². The van der Waals surface area contributed by atoms with Gasteiger partial charge in [-0.1, -0.05) is 31.2 Å². The summed E-state index contributed by atoms with van der Waals surface area (Å²) in [7, 11) is 1.73. The Bertz CT molecular complexity index is 780. The summed E-state index contributed by atoms with van der Waals surface area (Å²) in [5.41, 5.74) is 1.42. The van der Waals surface area contributed by atoms with E-state index in [0.717, 1.165) is 37.0 Å². The van der Waals surface area contributed by atoms with Crippen molar-refractivity contribution in [3.63, 3.8) is 0 Å². The quantitative estimate of drug-likeness (QED) is 0.780. The van der Waals surface area contributed by atoms with E-state index in [1.165, 1.54) is 0 Å². The number of Topliss-reactive ketones (excluding diaryl/α,β-unsaturated/α-hetero) is 1. The molecule has 5 heteroatoms. The first kappa shape index (κ1) is 16.9. The lowest BCUT2D eigenvalue weighted by molar-refractivity contribution is -0.134. The van der Waals surface area contributed by atoms with Gasteiger partial charge in [0.05, 0.1) is 17.5 Å². The molecule has 5 nitrogen and oxygen atoms in total. The fourth-order valence-electron chi connectivity index (χ4n) is 4.25. The first-order valence-electron chi connectivity index (χ1n) is 9.17. The maximum Gasteiger partial charge on any atom is 0.289 e. The van der Waals surface area contributed by atoms with E-state index in [2.05, 4.69) is 6.58 Å². The van der Waals surface area contributed by atoms with Crippen LogP contribution in [0.2, 0.25) is 0 Å². The fourth-order valence-corrected chi connectivity index (χ4v) is 4.25. The molecule has 136 valence electrons. The highest BCUT2D eigenvalue weighted by atomic mass is 16.5. The van der Waals surface area contributed by atoms with Gasteiger partial charge in [0.1, 0.15) is 18.5 Å². The summed E-state index contributed by atoms with van der Waals surface area (Å²) in [5, 5.41) is 0. The number of ketones is 1. The molecule has 3 aliphatic rings. The molecule has 2 aliphatic heterocycles. The van der Waals surface area contributed by atoms with Gasteiger partial charge in [-0.15, -0.1) is 0 Å². The van der Waals surface area contributed by atoms with Crippen molar-refractivity contribution < 1.29 is 19.1 Å². The average molecular weight is 353 g/mol. The number of carbonyl (C=O) groups is 2. The number of carbonyl (C=O) groups excluding carboxylic acids is 2. The maximum atomic E-state index is 13.2. The van der Waals surface area contributed by atoms with Crippen LogP contribution < -0.4 is 4.74 Å². The summed E-state index contributed by atoms with van der Waals surface area (Å²) < 4.78 is 11.5. The summed E-state index contributed by atoms with van der Waals surface area (Å²) >= 11 is 0. The normalized spacial score (nSPS) is 27.7. The third kappa shape index (κ3) is 2.62. The molecule has 0 saturated heterocycles. The first-order chi connectivity index (χ1) is 12.6. The number of hydrogen-bond acceptors (Lipinski definition) is 4. The molecule has 1 aromatic carbocycles. The maximum absolute atomic E-state index is 13.2. The number of ether oxygens (including phenoxy) is 2. The van der Waals surface area contributed by atoms with Gasteiger partial charge in [0.2, 0.25) is 0 Å². The Hall–Kier alpha value is -2.56. The van der Waals surface area contributed by atoms with E-state index in [9.17, 15) is 9.59 Å². The predicted molar refractivity (Wildman–Crippen MR) is 96.5 cm³/mol. The first-order valence-corrected chi connectivity index (χ1v) is 9.17. The minimum Gasteiger partial charge on any atom is -0.490 e. The van der Waals surface area contributed by atoms with Gasteiger partial charge in [-0.3, -0.25) is 9.59 Å². The number of benzene rings is 1. The SMILES string of the molecule is C=CCOc1ccc(C2C3=C(OC4CCCCC4C3=O)C(=O)N2C)cc1. The number of rotatable bonds is 4. The van der Waals surface area contributed by atoms with E-state index >= 15 is 0 Å². The molecule has 26 heavy (non-hydrogen) atoms. The van der Waals surface area contributed by atoms with Gasteiger partial charge in [-0.2, -0.15) is 0 Å². The van der Waals surface area contributed by atoms with Crippen molar-refractivity contribution in [1.29, 1.82) is 0 Å². The topological polar surface area (TPSA) is 55.8 Å². The zero-order chi connectivity index (χ0) is 18.3. The van der Waals surface area contributed by atoms with Crippen LogP contribution in [0.4, 0.5) is 0 Å². The molecule has 0 bridgehead atoms. The van der Waals surface area contributed by atoms with Crippen LogP contribution in [0.25, 0.3) is 0 Å². The molecule has 1 saturated carbocycles. The predicted octanol–water partition coefficient (Wildman–Crippen LogP) is 3.18. The minimum absolute atomic E-state index is 0.0885. The van der Waals surface area contributed by atoms with Crippen molar-refractivity contribution in [3.05, 3.63) is 53.8 Å². The largest absolute Gasteiger partial charge is 0.490 e. The highest BCUT2D eigenvalue weighted by Crippen LogP contribution is 2.46. The molecule has 0 aromatic heterocycles. The Labute approximate surface area is 153 Å². The third-order valence-electron chi connectivity index (χ3n) is 5.56. The number of likely N-dealkylation sites (N-methyl/N-ethyl adjacent to an activating group) is 1. The highest BCUT2D eigenvalue weighted by Gasteiger charge is 2.50. The molecule has 4 rings (SSSR count). The molecular weight excluding hydrogens is 330 g/mol. The Morgan fingerprint density at radius 3 is 2.69 bits per heavy atom. The van der Waals surface area contributed by atoms with E-state index in [1.54, 1.807) is 18.0 Å². The van der Waals surface area contributed by atoms with Gasteiger partial charge < -0.3 is 14.4 Å². The molecule has 0 N–H and O–H groups in total. The van der Waals surface area contributed by atoms with Gasteiger partial charge in [0.25, 0.3) is 5.91 Å². The number of fused-ring (bicyclic) bond motifs is 1. The van der Waals surface area contributed by atoms with Crippen LogP contribution in [-0.2, 0) is 14.3 Å². The highest BCUT2D eigenvalue weighted by molar-refractivity contribution is 6.11. The summed E-state index contributed by atoms with van der Waals surface area (Å²) in [4.78, 5) is 27.5. The van der Waals surface area contributed by atoms with Crippen molar-refractivity contribution in [1.82, 2.24) is 4.90 Å². The molecule has 1 amide bonds. The average Bonchev–Trinajstić information content (AvgIpc) is 2.92. The van der Waals surface area contributed by atoms with E-state index in [0.29, 0.717) is 12.2 Å². The van der Waals surface area contributed by atoms with Crippen molar-refractivity contribution in [3.8, 4) is 5.75 Å². The van der Waals surface area contributed by atoms with Gasteiger partial charge in [0.15, 0.2) is 11.5 Å². The Kier molecular flexibility index (Phi) is 4.31. The second-order valence-corrected chi connectivity index (χ2v) is 7.14. The number of amides is 1. The van der Waals surface area contributed by atoms with Crippen LogP contribution in [-0.4, -0.2) is 36.3 Å². The fraction of sp³-hybridized carbons (Fsp3) is 0.429. The second kappa shape index (κ2) is 6.63. The summed E-state index contributed by atoms with van der Waals surface area (Å²) in [5.74, 6) is 0.769. The van der Waals surface area contributed by atoms with Crippen LogP contribution in [0.3, 0.4) is 0 Å². The molecule has 1 aliphatic carbocycles. The summed E-state index contributed by atoms with van der Waals surface area (Å²) in [6.45, 7) is 4.07. The summed E-state index contributed by atoms with van der Waals surface area (Å²) in [6.07, 6.45) is 5.34. The standard InChI is InChI=1S/C21H23NO4/c1-3-12-25-14-10-8-13(9-11-14)18-17-19(23)15-6-4-5-7-16(15)26-20(17)21(24)22(18)2/h3,8-11,15-16,18H,1,4-7,12H2,2H3. The molecule has 1 aromatic rings. The van der Waals surface area contributed by atoms with Crippen LogP contribution in [0.5, 0.6) is 5.75 Å². The van der Waals surface area contributed by atoms with Crippen LogP contribution in [0.15, 0.2) is 48.3 Å². The zero-order valence-corrected chi connectivity index (χ0v) is 14.9. The van der Waals surface area contributed by atoms with E-state index < -0.39 is 0 Å².